The minimum Gasteiger partial charge on any atom is -0.494 e. The maximum absolute atomic E-state index is 12.5. The molecule has 0 spiro atoms. The highest BCUT2D eigenvalue weighted by Gasteiger charge is 2.19. The van der Waals surface area contributed by atoms with Crippen molar-refractivity contribution in [2.45, 2.75) is 13.5 Å². The van der Waals surface area contributed by atoms with Crippen LogP contribution in [0.1, 0.15) is 6.92 Å². The number of carbonyl (C=O) groups excluding carboxylic acids is 2. The Kier molecular flexibility index (Phi) is 6.08. The molecule has 0 radical (unpaired) electrons. The summed E-state index contributed by atoms with van der Waals surface area (Å²) in [7, 11) is 1.30. The number of methoxy groups -OCH3 is 1. The van der Waals surface area contributed by atoms with Crippen LogP contribution in [0.25, 0.3) is 10.2 Å². The Balaban J connectivity index is 1.58. The third kappa shape index (κ3) is 4.64. The molecule has 2 aromatic carbocycles. The van der Waals surface area contributed by atoms with E-state index in [1.165, 1.54) is 18.4 Å². The molecule has 1 aromatic heterocycles. The zero-order valence-electron chi connectivity index (χ0n) is 17.0. The molecule has 1 aliphatic rings. The molecule has 10 heteroatoms. The van der Waals surface area contributed by atoms with E-state index in [9.17, 15) is 9.59 Å². The number of esters is 1. The molecule has 3 aromatic rings. The van der Waals surface area contributed by atoms with Crippen LogP contribution >= 0.6 is 11.3 Å². The Morgan fingerprint density at radius 3 is 2.45 bits per heavy atom. The predicted octanol–water partition coefficient (Wildman–Crippen LogP) is 2.51. The molecule has 31 heavy (non-hydrogen) atoms. The van der Waals surface area contributed by atoms with E-state index in [1.54, 1.807) is 41.0 Å². The number of hydrogen-bond donors (Lipinski definition) is 0. The topological polar surface area (TPSA) is 97.6 Å². The molecule has 0 unspecified atom stereocenters. The summed E-state index contributed by atoms with van der Waals surface area (Å²) in [6, 6.07) is 10.5. The van der Waals surface area contributed by atoms with Gasteiger partial charge in [0, 0.05) is 12.1 Å². The Morgan fingerprint density at radius 1 is 1.10 bits per heavy atom. The van der Waals surface area contributed by atoms with Crippen LogP contribution in [0.3, 0.4) is 0 Å². The van der Waals surface area contributed by atoms with Gasteiger partial charge in [-0.15, -0.1) is 0 Å². The number of thiazole rings is 1. The summed E-state index contributed by atoms with van der Waals surface area (Å²) in [6.07, 6.45) is 0. The average Bonchev–Trinajstić information content (AvgIpc) is 3.35. The molecule has 0 atom stereocenters. The van der Waals surface area contributed by atoms with E-state index in [-0.39, 0.29) is 19.9 Å². The maximum atomic E-state index is 12.5. The normalized spacial score (nSPS) is 12.8. The van der Waals surface area contributed by atoms with Crippen LogP contribution in [-0.4, -0.2) is 43.6 Å². The quantitative estimate of drug-likeness (QED) is 0.517. The van der Waals surface area contributed by atoms with E-state index in [1.807, 2.05) is 6.92 Å². The number of hydrogen-bond acceptors (Lipinski definition) is 8. The minimum absolute atomic E-state index is 0.0952. The first-order valence-corrected chi connectivity index (χ1v) is 10.3. The van der Waals surface area contributed by atoms with Crippen molar-refractivity contribution >= 4 is 33.4 Å². The minimum atomic E-state index is -0.487. The molecule has 2 heterocycles. The fourth-order valence-electron chi connectivity index (χ4n) is 2.97. The van der Waals surface area contributed by atoms with Gasteiger partial charge in [-0.1, -0.05) is 11.3 Å². The average molecular weight is 444 g/mol. The lowest BCUT2D eigenvalue weighted by atomic mass is 10.3. The smallest absolute Gasteiger partial charge is 0.325 e. The molecular weight excluding hydrogens is 424 g/mol. The number of ether oxygens (including phenoxy) is 5. The van der Waals surface area contributed by atoms with Gasteiger partial charge in [-0.3, -0.25) is 9.59 Å². The van der Waals surface area contributed by atoms with Crippen LogP contribution in [0.15, 0.2) is 41.4 Å². The van der Waals surface area contributed by atoms with Crippen molar-refractivity contribution in [3.63, 3.8) is 0 Å². The number of amides is 1. The van der Waals surface area contributed by atoms with Gasteiger partial charge >= 0.3 is 5.97 Å². The van der Waals surface area contributed by atoms with Crippen LogP contribution < -0.4 is 23.7 Å². The summed E-state index contributed by atoms with van der Waals surface area (Å²) in [5.41, 5.74) is 0.693. The molecule has 9 nitrogen and oxygen atoms in total. The van der Waals surface area contributed by atoms with Crippen molar-refractivity contribution in [3.8, 4) is 23.0 Å². The van der Waals surface area contributed by atoms with Gasteiger partial charge in [-0.2, -0.15) is 4.99 Å². The monoisotopic (exact) mass is 444 g/mol. The van der Waals surface area contributed by atoms with Gasteiger partial charge in [0.15, 0.2) is 22.9 Å². The summed E-state index contributed by atoms with van der Waals surface area (Å²) >= 11 is 1.26. The van der Waals surface area contributed by atoms with Gasteiger partial charge in [0.25, 0.3) is 5.91 Å². The first kappa shape index (κ1) is 20.7. The highest BCUT2D eigenvalue weighted by molar-refractivity contribution is 7.16. The molecule has 1 aliphatic heterocycles. The molecule has 162 valence electrons. The largest absolute Gasteiger partial charge is 0.494 e. The number of benzene rings is 2. The third-order valence-corrected chi connectivity index (χ3v) is 5.45. The number of rotatable bonds is 7. The fourth-order valence-corrected chi connectivity index (χ4v) is 4.03. The fraction of sp³-hybridized carbons (Fsp3) is 0.286. The molecular formula is C21H20N2O7S. The third-order valence-electron chi connectivity index (χ3n) is 4.41. The lowest BCUT2D eigenvalue weighted by Gasteiger charge is -2.06. The van der Waals surface area contributed by atoms with E-state index in [0.717, 1.165) is 10.4 Å². The van der Waals surface area contributed by atoms with Gasteiger partial charge in [0.1, 0.15) is 18.0 Å². The highest BCUT2D eigenvalue weighted by atomic mass is 32.1. The summed E-state index contributed by atoms with van der Waals surface area (Å²) in [5.74, 6) is 1.48. The van der Waals surface area contributed by atoms with Crippen molar-refractivity contribution in [3.05, 3.63) is 41.2 Å². The number of carbonyl (C=O) groups is 2. The van der Waals surface area contributed by atoms with Crippen molar-refractivity contribution in [1.82, 2.24) is 4.57 Å². The summed E-state index contributed by atoms with van der Waals surface area (Å²) in [4.78, 5) is 28.9. The second kappa shape index (κ2) is 9.09. The zero-order chi connectivity index (χ0) is 21.8. The van der Waals surface area contributed by atoms with E-state index in [4.69, 9.17) is 23.7 Å². The SMILES string of the molecule is CCOc1ccc(OCC(=O)N=c2sc3cc4c(cc3n2CC(=O)OC)OCO4)cc1. The number of aromatic nitrogens is 1. The zero-order valence-corrected chi connectivity index (χ0v) is 17.8. The predicted molar refractivity (Wildman–Crippen MR) is 112 cm³/mol. The van der Waals surface area contributed by atoms with Crippen molar-refractivity contribution in [2.24, 2.45) is 4.99 Å². The van der Waals surface area contributed by atoms with Crippen molar-refractivity contribution < 1.29 is 33.3 Å². The lowest BCUT2D eigenvalue weighted by molar-refractivity contribution is -0.141. The summed E-state index contributed by atoms with van der Waals surface area (Å²) in [6.45, 7) is 2.27. The Hall–Kier alpha value is -3.53. The van der Waals surface area contributed by atoms with E-state index in [2.05, 4.69) is 4.99 Å². The molecule has 0 saturated heterocycles. The second-order valence-corrected chi connectivity index (χ2v) is 7.43. The first-order valence-electron chi connectivity index (χ1n) is 9.50. The Bertz CT molecular complexity index is 1180. The van der Waals surface area contributed by atoms with Crippen LogP contribution in [0.2, 0.25) is 0 Å². The highest BCUT2D eigenvalue weighted by Crippen LogP contribution is 2.37. The second-order valence-electron chi connectivity index (χ2n) is 6.42. The summed E-state index contributed by atoms with van der Waals surface area (Å²) < 4.78 is 28.9. The van der Waals surface area contributed by atoms with E-state index >= 15 is 0 Å². The molecule has 0 bridgehead atoms. The van der Waals surface area contributed by atoms with Gasteiger partial charge in [0.05, 0.1) is 23.9 Å². The van der Waals surface area contributed by atoms with Gasteiger partial charge in [-0.05, 0) is 31.2 Å². The number of fused-ring (bicyclic) bond motifs is 2. The van der Waals surface area contributed by atoms with E-state index in [0.29, 0.717) is 34.2 Å². The van der Waals surface area contributed by atoms with Gasteiger partial charge in [0.2, 0.25) is 6.79 Å². The van der Waals surface area contributed by atoms with Crippen molar-refractivity contribution in [1.29, 1.82) is 0 Å². The maximum Gasteiger partial charge on any atom is 0.325 e. The molecule has 0 N–H and O–H groups in total. The molecule has 4 rings (SSSR count). The van der Waals surface area contributed by atoms with E-state index < -0.39 is 11.9 Å². The molecule has 0 fully saturated rings. The first-order chi connectivity index (χ1) is 15.1. The Morgan fingerprint density at radius 2 is 1.77 bits per heavy atom. The van der Waals surface area contributed by atoms with Crippen LogP contribution in [0.4, 0.5) is 0 Å². The number of nitrogens with zero attached hydrogens (tertiary/aromatic N) is 2. The van der Waals surface area contributed by atoms with Gasteiger partial charge in [-0.25, -0.2) is 0 Å². The van der Waals surface area contributed by atoms with Crippen LogP contribution in [0.5, 0.6) is 23.0 Å². The Labute approximate surface area is 181 Å². The van der Waals surface area contributed by atoms with Gasteiger partial charge < -0.3 is 28.3 Å². The molecule has 1 amide bonds. The standard InChI is InChI=1S/C21H20N2O7S/c1-3-27-13-4-6-14(7-5-13)28-11-19(24)22-21-23(10-20(25)26-2)15-8-16-17(30-12-29-16)9-18(15)31-21/h4-9H,3,10-12H2,1-2H3. The van der Waals surface area contributed by atoms with Crippen LogP contribution in [0, 0.1) is 0 Å². The van der Waals surface area contributed by atoms with Crippen LogP contribution in [-0.2, 0) is 20.9 Å². The van der Waals surface area contributed by atoms with Crippen molar-refractivity contribution in [2.75, 3.05) is 27.1 Å². The summed E-state index contributed by atoms with van der Waals surface area (Å²) in [5, 5.41) is 0. The lowest BCUT2D eigenvalue weighted by Crippen LogP contribution is -2.23. The molecule has 0 saturated carbocycles. The molecule has 0 aliphatic carbocycles.